The highest BCUT2D eigenvalue weighted by Crippen LogP contribution is 2.27. The molecule has 1 rings (SSSR count). The van der Waals surface area contributed by atoms with Crippen LogP contribution in [0.4, 0.5) is 11.4 Å². The molecule has 7 heteroatoms. The Balaban J connectivity index is 3.23. The number of esters is 1. The molecule has 1 aromatic rings. The standard InChI is InChI=1S/C11H12N2O5/c1-6(14)10(11(15)18-2)7-3-4-9(13(16)17)8(12)5-7/h3-5,10H,12H2,1-2H3. The molecule has 2 N–H and O–H groups in total. The number of hydrogen-bond acceptors (Lipinski definition) is 6. The van der Waals surface area contributed by atoms with Gasteiger partial charge in [0.25, 0.3) is 5.69 Å². The molecule has 0 aliphatic rings. The number of anilines is 1. The third-order valence-corrected chi connectivity index (χ3v) is 2.43. The number of nitro groups is 1. The van der Waals surface area contributed by atoms with E-state index in [2.05, 4.69) is 4.74 Å². The molecule has 0 fully saturated rings. The Morgan fingerprint density at radius 1 is 1.44 bits per heavy atom. The van der Waals surface area contributed by atoms with E-state index in [4.69, 9.17) is 5.73 Å². The second-order valence-electron chi connectivity index (χ2n) is 3.64. The number of nitrogen functional groups attached to an aromatic ring is 1. The van der Waals surface area contributed by atoms with E-state index in [0.717, 1.165) is 13.2 Å². The number of ketones is 1. The lowest BCUT2D eigenvalue weighted by Crippen LogP contribution is -2.21. The Hall–Kier alpha value is -2.44. The molecule has 0 radical (unpaired) electrons. The van der Waals surface area contributed by atoms with Gasteiger partial charge in [-0.15, -0.1) is 0 Å². The Labute approximate surface area is 103 Å². The van der Waals surface area contributed by atoms with Gasteiger partial charge in [0, 0.05) is 6.07 Å². The Bertz CT molecular complexity index is 512. The van der Waals surface area contributed by atoms with Crippen molar-refractivity contribution in [3.05, 3.63) is 33.9 Å². The van der Waals surface area contributed by atoms with Crippen molar-refractivity contribution in [2.24, 2.45) is 0 Å². The quantitative estimate of drug-likeness (QED) is 0.281. The van der Waals surface area contributed by atoms with Crippen molar-refractivity contribution in [2.45, 2.75) is 12.8 Å². The zero-order chi connectivity index (χ0) is 13.9. The van der Waals surface area contributed by atoms with Gasteiger partial charge in [0.15, 0.2) is 0 Å². The van der Waals surface area contributed by atoms with Crippen LogP contribution in [-0.2, 0) is 14.3 Å². The van der Waals surface area contributed by atoms with Gasteiger partial charge in [-0.05, 0) is 18.6 Å². The molecule has 0 bridgehead atoms. The molecule has 0 heterocycles. The molecular weight excluding hydrogens is 240 g/mol. The fraction of sp³-hybridized carbons (Fsp3) is 0.273. The molecule has 0 aliphatic carbocycles. The van der Waals surface area contributed by atoms with E-state index in [1.54, 1.807) is 0 Å². The summed E-state index contributed by atoms with van der Waals surface area (Å²) in [6, 6.07) is 3.71. The van der Waals surface area contributed by atoms with Crippen molar-refractivity contribution in [2.75, 3.05) is 12.8 Å². The number of ether oxygens (including phenoxy) is 1. The largest absolute Gasteiger partial charge is 0.468 e. The van der Waals surface area contributed by atoms with Crippen LogP contribution in [0, 0.1) is 10.1 Å². The first-order valence-corrected chi connectivity index (χ1v) is 5.00. The lowest BCUT2D eigenvalue weighted by molar-refractivity contribution is -0.383. The highest BCUT2D eigenvalue weighted by Gasteiger charge is 2.27. The maximum atomic E-state index is 11.5. The molecule has 0 saturated heterocycles. The third kappa shape index (κ3) is 2.62. The molecule has 1 atom stereocenters. The summed E-state index contributed by atoms with van der Waals surface area (Å²) in [5.74, 6) is -2.26. The molecule has 96 valence electrons. The van der Waals surface area contributed by atoms with Crippen LogP contribution in [0.5, 0.6) is 0 Å². The average Bonchev–Trinajstić information content (AvgIpc) is 2.28. The van der Waals surface area contributed by atoms with E-state index >= 15 is 0 Å². The summed E-state index contributed by atoms with van der Waals surface area (Å²) in [5, 5.41) is 10.6. The maximum absolute atomic E-state index is 11.5. The van der Waals surface area contributed by atoms with Crippen LogP contribution in [0.2, 0.25) is 0 Å². The second-order valence-corrected chi connectivity index (χ2v) is 3.64. The van der Waals surface area contributed by atoms with Crippen molar-refractivity contribution in [1.82, 2.24) is 0 Å². The van der Waals surface area contributed by atoms with Gasteiger partial charge in [-0.2, -0.15) is 0 Å². The number of carbonyl (C=O) groups is 2. The monoisotopic (exact) mass is 252 g/mol. The van der Waals surface area contributed by atoms with Crippen LogP contribution < -0.4 is 5.73 Å². The summed E-state index contributed by atoms with van der Waals surface area (Å²) in [6.07, 6.45) is 0. The summed E-state index contributed by atoms with van der Waals surface area (Å²) in [4.78, 5) is 32.8. The lowest BCUT2D eigenvalue weighted by atomic mass is 9.95. The van der Waals surface area contributed by atoms with Gasteiger partial charge in [-0.3, -0.25) is 19.7 Å². The molecule has 0 spiro atoms. The van der Waals surface area contributed by atoms with Gasteiger partial charge in [0.05, 0.1) is 12.0 Å². The van der Waals surface area contributed by atoms with E-state index in [0.29, 0.717) is 0 Å². The van der Waals surface area contributed by atoms with Crippen molar-refractivity contribution >= 4 is 23.1 Å². The molecule has 0 saturated carbocycles. The highest BCUT2D eigenvalue weighted by molar-refractivity contribution is 6.03. The number of hydrogen-bond donors (Lipinski definition) is 1. The predicted octanol–water partition coefficient (Wildman–Crippen LogP) is 1.02. The molecular formula is C11H12N2O5. The number of rotatable bonds is 4. The molecule has 0 aromatic heterocycles. The van der Waals surface area contributed by atoms with Gasteiger partial charge in [-0.25, -0.2) is 0 Å². The molecule has 7 nitrogen and oxygen atoms in total. The summed E-state index contributed by atoms with van der Waals surface area (Å²) < 4.78 is 4.51. The summed E-state index contributed by atoms with van der Waals surface area (Å²) in [7, 11) is 1.16. The van der Waals surface area contributed by atoms with Gasteiger partial charge in [0.1, 0.15) is 17.4 Å². The minimum Gasteiger partial charge on any atom is -0.468 e. The van der Waals surface area contributed by atoms with Crippen LogP contribution in [0.3, 0.4) is 0 Å². The zero-order valence-corrected chi connectivity index (χ0v) is 9.88. The van der Waals surface area contributed by atoms with Crippen molar-refractivity contribution < 1.29 is 19.2 Å². The first-order chi connectivity index (χ1) is 8.38. The van der Waals surface area contributed by atoms with Crippen LogP contribution in [0.1, 0.15) is 18.4 Å². The number of nitrogens with two attached hydrogens (primary N) is 1. The second kappa shape index (κ2) is 5.26. The van der Waals surface area contributed by atoms with Gasteiger partial charge >= 0.3 is 5.97 Å². The fourth-order valence-corrected chi connectivity index (χ4v) is 1.57. The molecule has 0 aliphatic heterocycles. The molecule has 0 amide bonds. The first kappa shape index (κ1) is 13.6. The Kier molecular flexibility index (Phi) is 3.98. The van der Waals surface area contributed by atoms with Gasteiger partial charge in [0.2, 0.25) is 0 Å². The Morgan fingerprint density at radius 3 is 2.44 bits per heavy atom. The Morgan fingerprint density at radius 2 is 2.06 bits per heavy atom. The van der Waals surface area contributed by atoms with Crippen molar-refractivity contribution in [3.8, 4) is 0 Å². The number of carbonyl (C=O) groups excluding carboxylic acids is 2. The fourth-order valence-electron chi connectivity index (χ4n) is 1.57. The van der Waals surface area contributed by atoms with E-state index in [1.165, 1.54) is 19.1 Å². The number of nitro benzene ring substituents is 1. The van der Waals surface area contributed by atoms with E-state index in [9.17, 15) is 19.7 Å². The minimum atomic E-state index is -1.11. The zero-order valence-electron chi connectivity index (χ0n) is 9.88. The van der Waals surface area contributed by atoms with E-state index in [-0.39, 0.29) is 16.9 Å². The van der Waals surface area contributed by atoms with Gasteiger partial charge < -0.3 is 10.5 Å². The number of benzene rings is 1. The van der Waals surface area contributed by atoms with E-state index < -0.39 is 22.6 Å². The summed E-state index contributed by atoms with van der Waals surface area (Å²) >= 11 is 0. The smallest absolute Gasteiger partial charge is 0.320 e. The molecule has 1 aromatic carbocycles. The molecule has 18 heavy (non-hydrogen) atoms. The highest BCUT2D eigenvalue weighted by atomic mass is 16.6. The third-order valence-electron chi connectivity index (χ3n) is 2.43. The van der Waals surface area contributed by atoms with Crippen LogP contribution in [-0.4, -0.2) is 23.8 Å². The van der Waals surface area contributed by atoms with Crippen molar-refractivity contribution in [1.29, 1.82) is 0 Å². The van der Waals surface area contributed by atoms with Crippen LogP contribution in [0.15, 0.2) is 18.2 Å². The lowest BCUT2D eigenvalue weighted by Gasteiger charge is -2.12. The maximum Gasteiger partial charge on any atom is 0.320 e. The van der Waals surface area contributed by atoms with Crippen molar-refractivity contribution in [3.63, 3.8) is 0 Å². The van der Waals surface area contributed by atoms with Gasteiger partial charge in [-0.1, -0.05) is 6.07 Å². The molecule has 1 unspecified atom stereocenters. The first-order valence-electron chi connectivity index (χ1n) is 5.00. The SMILES string of the molecule is COC(=O)C(C(C)=O)c1ccc([N+](=O)[O-])c(N)c1. The average molecular weight is 252 g/mol. The van der Waals surface area contributed by atoms with Crippen LogP contribution >= 0.6 is 0 Å². The predicted molar refractivity (Wildman–Crippen MR) is 62.9 cm³/mol. The summed E-state index contributed by atoms with van der Waals surface area (Å²) in [5.41, 5.74) is 5.40. The summed E-state index contributed by atoms with van der Waals surface area (Å²) in [6.45, 7) is 1.24. The van der Waals surface area contributed by atoms with E-state index in [1.807, 2.05) is 0 Å². The van der Waals surface area contributed by atoms with Crippen LogP contribution in [0.25, 0.3) is 0 Å². The number of nitrogens with zero attached hydrogens (tertiary/aromatic N) is 1. The normalized spacial score (nSPS) is 11.7. The topological polar surface area (TPSA) is 113 Å². The number of methoxy groups -OCH3 is 1. The minimum absolute atomic E-state index is 0.104. The number of Topliss-reactive ketones (excluding diaryl/α,β-unsaturated/α-hetero) is 1.